The van der Waals surface area contributed by atoms with Crippen LogP contribution in [0.1, 0.15) is 32.9 Å². The Bertz CT molecular complexity index is 1180. The smallest absolute Gasteiger partial charge is 0.265 e. The second-order valence-corrected chi connectivity index (χ2v) is 9.99. The number of rotatable bonds is 6. The molecule has 2 heterocycles. The van der Waals surface area contributed by atoms with Crippen molar-refractivity contribution in [3.05, 3.63) is 76.5 Å². The lowest BCUT2D eigenvalue weighted by molar-refractivity contribution is 0.101. The molecule has 1 saturated heterocycles. The minimum Gasteiger partial charge on any atom is -0.322 e. The van der Waals surface area contributed by atoms with Crippen molar-refractivity contribution in [1.82, 2.24) is 4.31 Å². The highest BCUT2D eigenvalue weighted by Crippen LogP contribution is 2.23. The lowest BCUT2D eigenvalue weighted by Crippen LogP contribution is -2.27. The van der Waals surface area contributed by atoms with Gasteiger partial charge in [-0.25, -0.2) is 8.42 Å². The molecule has 0 spiro atoms. The van der Waals surface area contributed by atoms with Crippen LogP contribution in [0.2, 0.25) is 0 Å². The third-order valence-electron chi connectivity index (χ3n) is 4.94. The number of nitrogens with zero attached hydrogens (tertiary/aromatic N) is 1. The van der Waals surface area contributed by atoms with E-state index in [1.165, 1.54) is 27.8 Å². The summed E-state index contributed by atoms with van der Waals surface area (Å²) in [7, 11) is -3.49. The van der Waals surface area contributed by atoms with Crippen LogP contribution in [0.15, 0.2) is 70.9 Å². The summed E-state index contributed by atoms with van der Waals surface area (Å²) in [5.41, 5.74) is 1.37. The minimum atomic E-state index is -3.49. The third kappa shape index (κ3) is 4.84. The number of nitrogens with one attached hydrogen (secondary N) is 2. The molecule has 0 bridgehead atoms. The van der Waals surface area contributed by atoms with Crippen molar-refractivity contribution in [3.63, 3.8) is 0 Å². The van der Waals surface area contributed by atoms with Gasteiger partial charge in [-0.05, 0) is 66.8 Å². The van der Waals surface area contributed by atoms with Gasteiger partial charge >= 0.3 is 0 Å². The number of sulfonamides is 1. The fourth-order valence-electron chi connectivity index (χ4n) is 3.33. The number of carbonyl (C=O) groups excluding carboxylic acids is 2. The van der Waals surface area contributed by atoms with Gasteiger partial charge in [-0.3, -0.25) is 9.59 Å². The maximum Gasteiger partial charge on any atom is 0.265 e. The van der Waals surface area contributed by atoms with Crippen LogP contribution in [0.25, 0.3) is 0 Å². The van der Waals surface area contributed by atoms with Crippen molar-refractivity contribution < 1.29 is 18.0 Å². The Balaban J connectivity index is 1.43. The molecular formula is C22H21N3O4S2. The topological polar surface area (TPSA) is 95.6 Å². The van der Waals surface area contributed by atoms with E-state index in [2.05, 4.69) is 10.6 Å². The zero-order chi connectivity index (χ0) is 21.8. The van der Waals surface area contributed by atoms with Gasteiger partial charge < -0.3 is 10.6 Å². The number of carbonyl (C=O) groups is 2. The molecule has 1 aliphatic rings. The molecule has 0 radical (unpaired) electrons. The number of thiophene rings is 1. The zero-order valence-corrected chi connectivity index (χ0v) is 18.2. The van der Waals surface area contributed by atoms with E-state index in [1.807, 2.05) is 5.38 Å². The van der Waals surface area contributed by atoms with Gasteiger partial charge in [0.1, 0.15) is 0 Å². The maximum absolute atomic E-state index is 12.6. The average Bonchev–Trinajstić information content (AvgIpc) is 3.49. The lowest BCUT2D eigenvalue weighted by Gasteiger charge is -2.15. The summed E-state index contributed by atoms with van der Waals surface area (Å²) in [5.74, 6) is -0.593. The monoisotopic (exact) mass is 455 g/mol. The van der Waals surface area contributed by atoms with E-state index in [0.717, 1.165) is 12.8 Å². The predicted octanol–water partition coefficient (Wildman–Crippen LogP) is 4.04. The number of benzene rings is 2. The van der Waals surface area contributed by atoms with Crippen LogP contribution in [-0.2, 0) is 10.0 Å². The molecule has 2 N–H and O–H groups in total. The Morgan fingerprint density at radius 2 is 1.55 bits per heavy atom. The van der Waals surface area contributed by atoms with Gasteiger partial charge in [0.15, 0.2) is 0 Å². The van der Waals surface area contributed by atoms with E-state index in [9.17, 15) is 18.0 Å². The van der Waals surface area contributed by atoms with Crippen molar-refractivity contribution in [1.29, 1.82) is 0 Å². The van der Waals surface area contributed by atoms with Crippen molar-refractivity contribution in [2.45, 2.75) is 17.7 Å². The maximum atomic E-state index is 12.6. The van der Waals surface area contributed by atoms with E-state index in [1.54, 1.807) is 48.5 Å². The number of amides is 2. The Kier molecular flexibility index (Phi) is 6.17. The summed E-state index contributed by atoms with van der Waals surface area (Å²) >= 11 is 1.34. The Morgan fingerprint density at radius 1 is 0.839 bits per heavy atom. The van der Waals surface area contributed by atoms with Gasteiger partial charge in [-0.15, -0.1) is 11.3 Å². The normalized spacial score (nSPS) is 14.3. The van der Waals surface area contributed by atoms with E-state index in [4.69, 9.17) is 0 Å². The second-order valence-electron chi connectivity index (χ2n) is 7.10. The molecule has 0 unspecified atom stereocenters. The molecule has 0 atom stereocenters. The molecule has 2 aromatic carbocycles. The number of anilines is 2. The molecule has 1 aromatic heterocycles. The highest BCUT2D eigenvalue weighted by atomic mass is 32.2. The quantitative estimate of drug-likeness (QED) is 0.586. The van der Waals surface area contributed by atoms with Crippen LogP contribution in [0, 0.1) is 0 Å². The molecule has 9 heteroatoms. The van der Waals surface area contributed by atoms with Crippen LogP contribution in [0.4, 0.5) is 11.4 Å². The summed E-state index contributed by atoms with van der Waals surface area (Å²) in [4.78, 5) is 25.6. The van der Waals surface area contributed by atoms with Crippen molar-refractivity contribution >= 4 is 44.5 Å². The van der Waals surface area contributed by atoms with Crippen LogP contribution in [-0.4, -0.2) is 37.6 Å². The first kappa shape index (κ1) is 21.2. The van der Waals surface area contributed by atoms with E-state index < -0.39 is 10.0 Å². The molecule has 31 heavy (non-hydrogen) atoms. The van der Waals surface area contributed by atoms with Crippen LogP contribution < -0.4 is 10.6 Å². The Labute approximate surface area is 184 Å². The summed E-state index contributed by atoms with van der Waals surface area (Å²) in [6.07, 6.45) is 1.75. The van der Waals surface area contributed by atoms with Crippen LogP contribution >= 0.6 is 11.3 Å². The van der Waals surface area contributed by atoms with Gasteiger partial charge in [0.05, 0.1) is 9.77 Å². The standard InChI is InChI=1S/C22H21N3O4S2/c26-21(16-5-3-6-18(15-16)24-22(27)20-7-4-14-30-20)23-17-8-10-19(11-9-17)31(28,29)25-12-1-2-13-25/h3-11,14-15H,1-2,12-13H2,(H,23,26)(H,24,27). The molecule has 1 fully saturated rings. The summed E-state index contributed by atoms with van der Waals surface area (Å²) in [5, 5.41) is 7.35. The molecule has 3 aromatic rings. The highest BCUT2D eigenvalue weighted by Gasteiger charge is 2.26. The highest BCUT2D eigenvalue weighted by molar-refractivity contribution is 7.89. The minimum absolute atomic E-state index is 0.214. The van der Waals surface area contributed by atoms with E-state index in [0.29, 0.717) is 34.9 Å². The molecule has 7 nitrogen and oxygen atoms in total. The molecule has 160 valence electrons. The molecule has 2 amide bonds. The Hall–Kier alpha value is -3.01. The van der Waals surface area contributed by atoms with Crippen molar-refractivity contribution in [2.24, 2.45) is 0 Å². The predicted molar refractivity (Wildman–Crippen MR) is 121 cm³/mol. The first-order valence-corrected chi connectivity index (χ1v) is 12.1. The van der Waals surface area contributed by atoms with Crippen molar-refractivity contribution in [3.8, 4) is 0 Å². The van der Waals surface area contributed by atoms with Gasteiger partial charge in [0.25, 0.3) is 11.8 Å². The Morgan fingerprint density at radius 3 is 2.23 bits per heavy atom. The molecule has 0 saturated carbocycles. The van der Waals surface area contributed by atoms with Crippen LogP contribution in [0.3, 0.4) is 0 Å². The second kappa shape index (κ2) is 9.01. The molecular weight excluding hydrogens is 434 g/mol. The van der Waals surface area contributed by atoms with Gasteiger partial charge in [-0.2, -0.15) is 4.31 Å². The summed E-state index contributed by atoms with van der Waals surface area (Å²) < 4.78 is 26.7. The fraction of sp³-hybridized carbons (Fsp3) is 0.182. The van der Waals surface area contributed by atoms with E-state index >= 15 is 0 Å². The van der Waals surface area contributed by atoms with Gasteiger partial charge in [-0.1, -0.05) is 12.1 Å². The number of hydrogen-bond donors (Lipinski definition) is 2. The van der Waals surface area contributed by atoms with Crippen LogP contribution in [0.5, 0.6) is 0 Å². The average molecular weight is 456 g/mol. The number of hydrogen-bond acceptors (Lipinski definition) is 5. The molecule has 4 rings (SSSR count). The largest absolute Gasteiger partial charge is 0.322 e. The zero-order valence-electron chi connectivity index (χ0n) is 16.6. The molecule has 1 aliphatic heterocycles. The van der Waals surface area contributed by atoms with Gasteiger partial charge in [0, 0.05) is 30.0 Å². The first-order chi connectivity index (χ1) is 14.9. The molecule has 0 aliphatic carbocycles. The lowest BCUT2D eigenvalue weighted by atomic mass is 10.1. The van der Waals surface area contributed by atoms with E-state index in [-0.39, 0.29) is 16.7 Å². The van der Waals surface area contributed by atoms with Gasteiger partial charge in [0.2, 0.25) is 10.0 Å². The SMILES string of the molecule is O=C(Nc1ccc(S(=O)(=O)N2CCCC2)cc1)c1cccc(NC(=O)c2cccs2)c1. The first-order valence-electron chi connectivity index (χ1n) is 9.80. The fourth-order valence-corrected chi connectivity index (χ4v) is 5.47. The third-order valence-corrected chi connectivity index (χ3v) is 7.72. The summed E-state index contributed by atoms with van der Waals surface area (Å²) in [6.45, 7) is 1.08. The summed E-state index contributed by atoms with van der Waals surface area (Å²) in [6, 6.07) is 16.3. The van der Waals surface area contributed by atoms with Crippen molar-refractivity contribution in [2.75, 3.05) is 23.7 Å².